The van der Waals surface area contributed by atoms with Crippen molar-refractivity contribution >= 4 is 11.8 Å². The van der Waals surface area contributed by atoms with E-state index >= 15 is 0 Å². The van der Waals surface area contributed by atoms with Crippen LogP contribution in [0.2, 0.25) is 0 Å². The number of carbonyl (C=O) groups is 2. The Bertz CT molecular complexity index is 1150. The molecule has 0 saturated heterocycles. The van der Waals surface area contributed by atoms with Gasteiger partial charge < -0.3 is 20.1 Å². The van der Waals surface area contributed by atoms with Crippen molar-refractivity contribution < 1.29 is 32.2 Å². The highest BCUT2D eigenvalue weighted by Crippen LogP contribution is 2.25. The Morgan fingerprint density at radius 2 is 1.39 bits per heavy atom. The van der Waals surface area contributed by atoms with Crippen LogP contribution in [-0.4, -0.2) is 30.2 Å². The number of hydrogen-bond acceptors (Lipinski definition) is 4. The van der Waals surface area contributed by atoms with Gasteiger partial charge in [-0.15, -0.1) is 13.2 Å². The van der Waals surface area contributed by atoms with Crippen LogP contribution in [0.1, 0.15) is 31.8 Å². The quantitative estimate of drug-likeness (QED) is 0.538. The highest BCUT2D eigenvalue weighted by atomic mass is 19.4. The Hall–Kier alpha value is -4.01. The number of primary amides is 1. The second-order valence-electron chi connectivity index (χ2n) is 7.15. The number of carbonyl (C=O) groups excluding carboxylic acids is 2. The number of nitrogens with two attached hydrogens (primary N) is 1. The minimum absolute atomic E-state index is 0.00804. The lowest BCUT2D eigenvalue weighted by Gasteiger charge is -2.24. The first-order valence-corrected chi connectivity index (χ1v) is 9.81. The fraction of sp³-hybridized carbons (Fsp3) is 0.167. The van der Waals surface area contributed by atoms with Crippen LogP contribution < -0.4 is 15.2 Å². The maximum Gasteiger partial charge on any atom is 0.573 e. The van der Waals surface area contributed by atoms with Crippen molar-refractivity contribution in [3.63, 3.8) is 0 Å². The highest BCUT2D eigenvalue weighted by Gasteiger charge is 2.31. The summed E-state index contributed by atoms with van der Waals surface area (Å²) in [7, 11) is 1.52. The van der Waals surface area contributed by atoms with Crippen LogP contribution in [0.4, 0.5) is 13.2 Å². The van der Waals surface area contributed by atoms with Gasteiger partial charge >= 0.3 is 6.36 Å². The molecule has 0 spiro atoms. The van der Waals surface area contributed by atoms with Gasteiger partial charge in [0.2, 0.25) is 5.91 Å². The van der Waals surface area contributed by atoms with Gasteiger partial charge in [-0.2, -0.15) is 0 Å². The van der Waals surface area contributed by atoms with Crippen molar-refractivity contribution in [3.05, 3.63) is 95.1 Å². The van der Waals surface area contributed by atoms with Gasteiger partial charge in [-0.05, 0) is 53.6 Å². The zero-order valence-corrected chi connectivity index (χ0v) is 17.6. The van der Waals surface area contributed by atoms with E-state index in [2.05, 4.69) is 4.74 Å². The monoisotopic (exact) mass is 458 g/mol. The topological polar surface area (TPSA) is 81.9 Å². The fourth-order valence-electron chi connectivity index (χ4n) is 3.24. The first-order chi connectivity index (χ1) is 15.6. The van der Waals surface area contributed by atoms with Crippen LogP contribution in [0.25, 0.3) is 0 Å². The maximum absolute atomic E-state index is 13.3. The van der Waals surface area contributed by atoms with Crippen LogP contribution in [0, 0.1) is 0 Å². The number of benzene rings is 3. The third-order valence-electron chi connectivity index (χ3n) is 4.69. The van der Waals surface area contributed by atoms with Gasteiger partial charge in [-0.1, -0.05) is 30.3 Å². The molecule has 0 radical (unpaired) electrons. The molecule has 2 amide bonds. The lowest BCUT2D eigenvalue weighted by Crippen LogP contribution is -2.30. The van der Waals surface area contributed by atoms with Gasteiger partial charge in [0, 0.05) is 24.2 Å². The smallest absolute Gasteiger partial charge is 0.497 e. The number of nitrogens with zero attached hydrogens (tertiary/aromatic N) is 1. The number of halogens is 3. The van der Waals surface area contributed by atoms with E-state index in [9.17, 15) is 22.8 Å². The van der Waals surface area contributed by atoms with Crippen LogP contribution in [0.3, 0.4) is 0 Å². The summed E-state index contributed by atoms with van der Waals surface area (Å²) >= 11 is 0. The molecular formula is C24H21F3N2O4. The Labute approximate surface area is 188 Å². The van der Waals surface area contributed by atoms with E-state index in [0.717, 1.165) is 5.56 Å². The van der Waals surface area contributed by atoms with Crippen LogP contribution in [0.5, 0.6) is 11.5 Å². The van der Waals surface area contributed by atoms with Gasteiger partial charge in [-0.25, -0.2) is 0 Å². The first-order valence-electron chi connectivity index (χ1n) is 9.81. The lowest BCUT2D eigenvalue weighted by atomic mass is 10.1. The van der Waals surface area contributed by atoms with E-state index in [1.54, 1.807) is 30.3 Å². The molecule has 0 aliphatic carbocycles. The average Bonchev–Trinajstić information content (AvgIpc) is 2.77. The highest BCUT2D eigenvalue weighted by molar-refractivity contribution is 5.99. The largest absolute Gasteiger partial charge is 0.573 e. The minimum atomic E-state index is -4.83. The standard InChI is InChI=1S/C24H21F3N2O4/c1-32-20-9-2-5-16(11-20)14-29(23(31)19-8-4-7-18(13-19)22(28)30)15-17-6-3-10-21(12-17)33-24(25,26)27/h2-13H,14-15H2,1H3,(H2,28,30). The van der Waals surface area contributed by atoms with E-state index < -0.39 is 18.2 Å². The Morgan fingerprint density at radius 1 is 0.848 bits per heavy atom. The molecule has 0 aliphatic heterocycles. The zero-order chi connectivity index (χ0) is 24.0. The van der Waals surface area contributed by atoms with Crippen molar-refractivity contribution in [3.8, 4) is 11.5 Å². The third kappa shape index (κ3) is 6.73. The molecule has 3 rings (SSSR count). The van der Waals surface area contributed by atoms with Gasteiger partial charge in [0.15, 0.2) is 0 Å². The van der Waals surface area contributed by atoms with Crippen molar-refractivity contribution in [2.45, 2.75) is 19.5 Å². The molecule has 0 heterocycles. The lowest BCUT2D eigenvalue weighted by molar-refractivity contribution is -0.274. The van der Waals surface area contributed by atoms with Crippen molar-refractivity contribution in [2.75, 3.05) is 7.11 Å². The summed E-state index contributed by atoms with van der Waals surface area (Å²) in [5, 5.41) is 0. The van der Waals surface area contributed by atoms with Crippen LogP contribution >= 0.6 is 0 Å². The van der Waals surface area contributed by atoms with Crippen LogP contribution in [0.15, 0.2) is 72.8 Å². The Kier molecular flexibility index (Phi) is 7.22. The van der Waals surface area contributed by atoms with Gasteiger partial charge in [-0.3, -0.25) is 9.59 Å². The molecule has 172 valence electrons. The molecule has 6 nitrogen and oxygen atoms in total. The van der Waals surface area contributed by atoms with Gasteiger partial charge in [0.05, 0.1) is 7.11 Å². The van der Waals surface area contributed by atoms with Crippen molar-refractivity contribution in [2.24, 2.45) is 5.73 Å². The van der Waals surface area contributed by atoms with Crippen molar-refractivity contribution in [1.82, 2.24) is 4.90 Å². The molecule has 0 atom stereocenters. The Morgan fingerprint density at radius 3 is 1.97 bits per heavy atom. The molecule has 3 aromatic rings. The predicted molar refractivity (Wildman–Crippen MR) is 115 cm³/mol. The average molecular weight is 458 g/mol. The molecule has 0 fully saturated rings. The molecule has 0 aliphatic rings. The summed E-state index contributed by atoms with van der Waals surface area (Å²) in [5.74, 6) is -0.898. The number of ether oxygens (including phenoxy) is 2. The van der Waals surface area contributed by atoms with E-state index in [1.165, 1.54) is 54.5 Å². The van der Waals surface area contributed by atoms with Crippen molar-refractivity contribution in [1.29, 1.82) is 0 Å². The van der Waals surface area contributed by atoms with E-state index in [4.69, 9.17) is 10.5 Å². The maximum atomic E-state index is 13.3. The summed E-state index contributed by atoms with van der Waals surface area (Å²) in [6, 6.07) is 18.4. The third-order valence-corrected chi connectivity index (χ3v) is 4.69. The summed E-state index contributed by atoms with van der Waals surface area (Å²) in [4.78, 5) is 26.3. The predicted octanol–water partition coefficient (Wildman–Crippen LogP) is 4.54. The molecule has 0 saturated carbocycles. The first kappa shape index (κ1) is 23.6. The Balaban J connectivity index is 1.93. The van der Waals surface area contributed by atoms with E-state index in [0.29, 0.717) is 11.3 Å². The summed E-state index contributed by atoms with van der Waals surface area (Å²) in [6.07, 6.45) is -4.83. The number of methoxy groups -OCH3 is 1. The van der Waals surface area contributed by atoms with Gasteiger partial charge in [0.1, 0.15) is 11.5 Å². The molecule has 0 bridgehead atoms. The molecule has 0 unspecified atom stereocenters. The molecule has 3 aromatic carbocycles. The molecule has 2 N–H and O–H groups in total. The fourth-order valence-corrected chi connectivity index (χ4v) is 3.24. The normalized spacial score (nSPS) is 11.0. The number of amides is 2. The molecule has 9 heteroatoms. The number of alkyl halides is 3. The summed E-state index contributed by atoms with van der Waals surface area (Å²) in [6.45, 7) is 0.132. The second-order valence-corrected chi connectivity index (χ2v) is 7.15. The van der Waals surface area contributed by atoms with Crippen LogP contribution in [-0.2, 0) is 13.1 Å². The zero-order valence-electron chi connectivity index (χ0n) is 17.6. The summed E-state index contributed by atoms with van der Waals surface area (Å²) in [5.41, 5.74) is 6.89. The molecule has 33 heavy (non-hydrogen) atoms. The number of rotatable bonds is 8. The molecule has 0 aromatic heterocycles. The second kappa shape index (κ2) is 10.1. The van der Waals surface area contributed by atoms with Gasteiger partial charge in [0.25, 0.3) is 5.91 Å². The van der Waals surface area contributed by atoms with E-state index in [1.807, 2.05) is 0 Å². The van der Waals surface area contributed by atoms with E-state index in [-0.39, 0.29) is 30.0 Å². The number of hydrogen-bond donors (Lipinski definition) is 1. The summed E-state index contributed by atoms with van der Waals surface area (Å²) < 4.78 is 47.0. The molecular weight excluding hydrogens is 437 g/mol. The SMILES string of the molecule is COc1cccc(CN(Cc2cccc(OC(F)(F)F)c2)C(=O)c2cccc(C(N)=O)c2)c1. The minimum Gasteiger partial charge on any atom is -0.497 e.